The van der Waals surface area contributed by atoms with Crippen molar-refractivity contribution in [1.29, 1.82) is 0 Å². The Bertz CT molecular complexity index is 1180. The Morgan fingerprint density at radius 2 is 1.28 bits per heavy atom. The number of hydrogen-bond donors (Lipinski definition) is 0. The summed E-state index contributed by atoms with van der Waals surface area (Å²) in [6.45, 7) is 0. The van der Waals surface area contributed by atoms with Crippen molar-refractivity contribution in [2.75, 3.05) is 7.11 Å². The molecular weight excluding hydrogens is 418 g/mol. The van der Waals surface area contributed by atoms with Crippen LogP contribution in [0.25, 0.3) is 11.1 Å². The molecule has 0 heterocycles. The van der Waals surface area contributed by atoms with Crippen LogP contribution in [0.2, 0.25) is 0 Å². The van der Waals surface area contributed by atoms with E-state index >= 15 is 0 Å². The summed E-state index contributed by atoms with van der Waals surface area (Å²) in [5, 5.41) is 12.5. The van der Waals surface area contributed by atoms with Gasteiger partial charge in [-0.2, -0.15) is 0 Å². The molecule has 0 aliphatic heterocycles. The Hall–Kier alpha value is -3.74. The number of methoxy groups -OCH3 is 1. The number of hydrogen-bond acceptors (Lipinski definition) is 4. The fourth-order valence-electron chi connectivity index (χ4n) is 4.08. The maximum atomic E-state index is 12.5. The first-order chi connectivity index (χ1) is 15.6. The average molecular weight is 439 g/mol. The average Bonchev–Trinajstić information content (AvgIpc) is 2.86. The third kappa shape index (κ3) is 3.60. The molecule has 4 aromatic carbocycles. The normalized spacial score (nSPS) is 11.2. The molecule has 0 saturated heterocycles. The quantitative estimate of drug-likeness (QED) is 0.162. The summed E-state index contributed by atoms with van der Waals surface area (Å²) < 4.78 is 11.6. The van der Waals surface area contributed by atoms with Crippen molar-refractivity contribution < 1.29 is 14.1 Å². The van der Waals surface area contributed by atoms with E-state index in [4.69, 9.17) is 9.16 Å². The van der Waals surface area contributed by atoms with E-state index in [-0.39, 0.29) is 11.4 Å². The predicted molar refractivity (Wildman–Crippen MR) is 125 cm³/mol. The van der Waals surface area contributed by atoms with E-state index in [1.165, 1.54) is 7.11 Å². The van der Waals surface area contributed by atoms with Crippen LogP contribution in [0.3, 0.4) is 0 Å². The van der Waals surface area contributed by atoms with Crippen molar-refractivity contribution in [1.82, 2.24) is 0 Å². The number of nitro benzene ring substituents is 1. The highest BCUT2D eigenvalue weighted by Gasteiger charge is 2.43. The first-order valence-corrected chi connectivity index (χ1v) is 10.4. The molecule has 157 valence electrons. The Morgan fingerprint density at radius 1 is 0.781 bits per heavy atom. The second-order valence-electron chi connectivity index (χ2n) is 7.18. The zero-order valence-electron chi connectivity index (χ0n) is 17.4. The van der Waals surface area contributed by atoms with Crippen LogP contribution in [-0.4, -0.2) is 22.5 Å². The van der Waals surface area contributed by atoms with Gasteiger partial charge in [-0.3, -0.25) is 10.1 Å². The van der Waals surface area contributed by atoms with E-state index in [0.717, 1.165) is 16.7 Å². The topological polar surface area (TPSA) is 61.6 Å². The summed E-state index contributed by atoms with van der Waals surface area (Å²) in [5.74, 6) is 0.179. The van der Waals surface area contributed by atoms with E-state index in [1.807, 2.05) is 97.1 Å². The zero-order chi connectivity index (χ0) is 22.6. The Balaban J connectivity index is 2.10. The number of nitrogens with zero attached hydrogens (tertiary/aromatic N) is 1. The number of benzene rings is 4. The van der Waals surface area contributed by atoms with Crippen LogP contribution in [0.5, 0.6) is 5.75 Å². The summed E-state index contributed by atoms with van der Waals surface area (Å²) in [5.41, 5.74) is 1.84. The second-order valence-corrected chi connectivity index (χ2v) is 7.39. The van der Waals surface area contributed by atoms with Crippen LogP contribution in [-0.2, 0) is 10.0 Å². The first kappa shape index (κ1) is 21.5. The Morgan fingerprint density at radius 3 is 1.72 bits per heavy atom. The molecule has 4 rings (SSSR count). The zero-order valence-corrected chi connectivity index (χ0v) is 18.4. The first-order valence-electron chi connectivity index (χ1n) is 10.0. The van der Waals surface area contributed by atoms with E-state index in [1.54, 1.807) is 6.07 Å². The predicted octanol–water partition coefficient (Wildman–Crippen LogP) is 5.66. The van der Waals surface area contributed by atoms with Crippen molar-refractivity contribution in [3.05, 3.63) is 130 Å². The second kappa shape index (κ2) is 9.17. The molecule has 0 bridgehead atoms. The van der Waals surface area contributed by atoms with Gasteiger partial charge in [-0.1, -0.05) is 91.0 Å². The van der Waals surface area contributed by atoms with E-state index in [9.17, 15) is 10.1 Å². The molecule has 0 aliphatic rings. The van der Waals surface area contributed by atoms with Gasteiger partial charge in [0, 0.05) is 5.56 Å². The molecular formula is C26H20NO4Si. The van der Waals surface area contributed by atoms with Crippen molar-refractivity contribution in [2.24, 2.45) is 0 Å². The minimum absolute atomic E-state index is 0.153. The van der Waals surface area contributed by atoms with Gasteiger partial charge in [0.05, 0.1) is 17.6 Å². The Kier molecular flexibility index (Phi) is 6.16. The fraction of sp³-hybridized carbons (Fsp3) is 0.0769. The van der Waals surface area contributed by atoms with Crippen LogP contribution in [0.15, 0.2) is 103 Å². The number of nitro groups is 1. The van der Waals surface area contributed by atoms with Crippen molar-refractivity contribution in [3.8, 4) is 16.9 Å². The van der Waals surface area contributed by atoms with Crippen LogP contribution >= 0.6 is 0 Å². The van der Waals surface area contributed by atoms with Crippen molar-refractivity contribution in [2.45, 2.75) is 5.60 Å². The minimum Gasteiger partial charge on any atom is -0.490 e. The SMILES string of the molecule is COc1c(-c2ccccc2)ccc(C(O[Si])(c2ccccc2)c2ccccc2)c1[N+](=O)[O-]. The third-order valence-corrected chi connectivity index (χ3v) is 5.80. The van der Waals surface area contributed by atoms with Gasteiger partial charge in [0.15, 0.2) is 0 Å². The fourth-order valence-corrected chi connectivity index (χ4v) is 4.43. The molecule has 0 atom stereocenters. The standard InChI is InChI=1S/C26H20NO4Si/c1-30-25-22(19-11-5-2-6-12-19)17-18-23(24(25)27(28)29)26(31-32,20-13-7-3-8-14-20)21-15-9-4-10-16-21/h2-18H,1H3. The molecule has 0 saturated carbocycles. The summed E-state index contributed by atoms with van der Waals surface area (Å²) in [4.78, 5) is 12.1. The molecule has 4 aromatic rings. The van der Waals surface area contributed by atoms with Gasteiger partial charge in [-0.25, -0.2) is 0 Å². The van der Waals surface area contributed by atoms with Crippen molar-refractivity contribution >= 4 is 16.2 Å². The molecule has 0 aromatic heterocycles. The van der Waals surface area contributed by atoms with Gasteiger partial charge in [0.25, 0.3) is 0 Å². The summed E-state index contributed by atoms with van der Waals surface area (Å²) in [7, 11) is 4.72. The van der Waals surface area contributed by atoms with E-state index in [0.29, 0.717) is 11.1 Å². The van der Waals surface area contributed by atoms with Gasteiger partial charge in [-0.05, 0) is 28.8 Å². The molecule has 0 N–H and O–H groups in total. The molecule has 0 fully saturated rings. The lowest BCUT2D eigenvalue weighted by Crippen LogP contribution is -2.33. The molecule has 0 spiro atoms. The maximum Gasteiger partial charge on any atom is 0.318 e. The van der Waals surface area contributed by atoms with Crippen molar-refractivity contribution in [3.63, 3.8) is 0 Å². The minimum atomic E-state index is -1.29. The van der Waals surface area contributed by atoms with Crippen LogP contribution in [0.4, 0.5) is 5.69 Å². The largest absolute Gasteiger partial charge is 0.490 e. The molecule has 0 amide bonds. The number of ether oxygens (including phenoxy) is 1. The highest BCUT2D eigenvalue weighted by molar-refractivity contribution is 5.99. The van der Waals surface area contributed by atoms with E-state index < -0.39 is 10.5 Å². The van der Waals surface area contributed by atoms with Gasteiger partial charge in [0.1, 0.15) is 5.60 Å². The maximum absolute atomic E-state index is 12.5. The molecule has 0 aliphatic carbocycles. The summed E-state index contributed by atoms with van der Waals surface area (Å²) >= 11 is 0. The van der Waals surface area contributed by atoms with Crippen LogP contribution in [0.1, 0.15) is 16.7 Å². The molecule has 3 radical (unpaired) electrons. The number of rotatable bonds is 7. The van der Waals surface area contributed by atoms with Gasteiger partial charge < -0.3 is 9.16 Å². The smallest absolute Gasteiger partial charge is 0.318 e. The lowest BCUT2D eigenvalue weighted by molar-refractivity contribution is -0.387. The van der Waals surface area contributed by atoms with Gasteiger partial charge in [-0.15, -0.1) is 0 Å². The highest BCUT2D eigenvalue weighted by atomic mass is 28.2. The molecule has 5 nitrogen and oxygen atoms in total. The third-order valence-electron chi connectivity index (χ3n) is 5.50. The van der Waals surface area contributed by atoms with Crippen LogP contribution < -0.4 is 4.74 Å². The van der Waals surface area contributed by atoms with E-state index in [2.05, 4.69) is 10.5 Å². The molecule has 32 heavy (non-hydrogen) atoms. The molecule has 6 heteroatoms. The van der Waals surface area contributed by atoms with Gasteiger partial charge in [0.2, 0.25) is 16.2 Å². The Labute approximate surface area is 190 Å². The summed E-state index contributed by atoms with van der Waals surface area (Å²) in [6, 6.07) is 31.8. The van der Waals surface area contributed by atoms with Gasteiger partial charge >= 0.3 is 5.69 Å². The highest BCUT2D eigenvalue weighted by Crippen LogP contribution is 2.49. The lowest BCUT2D eigenvalue weighted by atomic mass is 9.79. The monoisotopic (exact) mass is 438 g/mol. The molecule has 0 unspecified atom stereocenters. The summed E-state index contributed by atoms with van der Waals surface area (Å²) in [6.07, 6.45) is 0. The lowest BCUT2D eigenvalue weighted by Gasteiger charge is -2.34. The van der Waals surface area contributed by atoms with Crippen LogP contribution in [0, 0.1) is 10.1 Å².